The second-order valence-electron chi connectivity index (χ2n) is 5.31. The van der Waals surface area contributed by atoms with E-state index < -0.39 is 0 Å². The van der Waals surface area contributed by atoms with Crippen molar-refractivity contribution in [2.75, 3.05) is 0 Å². The molecule has 0 spiro atoms. The van der Waals surface area contributed by atoms with E-state index in [-0.39, 0.29) is 11.7 Å². The quantitative estimate of drug-likeness (QED) is 0.720. The summed E-state index contributed by atoms with van der Waals surface area (Å²) in [6.07, 6.45) is 0.186. The van der Waals surface area contributed by atoms with Gasteiger partial charge in [0.1, 0.15) is 0 Å². The highest BCUT2D eigenvalue weighted by Gasteiger charge is 2.22. The van der Waals surface area contributed by atoms with Crippen LogP contribution in [-0.2, 0) is 4.74 Å². The van der Waals surface area contributed by atoms with Gasteiger partial charge in [-0.3, -0.25) is 0 Å². The van der Waals surface area contributed by atoms with Crippen LogP contribution in [0.4, 0.5) is 0 Å². The maximum Gasteiger partial charge on any atom is 0.0854 e. The van der Waals surface area contributed by atoms with Crippen LogP contribution in [-0.4, -0.2) is 5.60 Å². The normalized spacial score (nSPS) is 14.3. The van der Waals surface area contributed by atoms with Crippen molar-refractivity contribution in [3.05, 3.63) is 35.9 Å². The van der Waals surface area contributed by atoms with Crippen LogP contribution in [0.1, 0.15) is 46.3 Å². The molecule has 0 radical (unpaired) electrons. The van der Waals surface area contributed by atoms with Gasteiger partial charge < -0.3 is 4.74 Å². The summed E-state index contributed by atoms with van der Waals surface area (Å²) < 4.78 is 6.09. The molecule has 0 saturated heterocycles. The molecule has 84 valence electrons. The summed E-state index contributed by atoms with van der Waals surface area (Å²) in [7, 11) is 0. The Labute approximate surface area is 93.5 Å². The van der Waals surface area contributed by atoms with Crippen molar-refractivity contribution < 1.29 is 4.74 Å². The molecule has 0 aliphatic carbocycles. The molecular weight excluding hydrogens is 184 g/mol. The molecule has 0 amide bonds. The average Bonchev–Trinajstić information content (AvgIpc) is 2.14. The lowest BCUT2D eigenvalue weighted by atomic mass is 9.98. The summed E-state index contributed by atoms with van der Waals surface area (Å²) in [5.74, 6) is 0.492. The van der Waals surface area contributed by atoms with E-state index in [2.05, 4.69) is 58.9 Å². The van der Waals surface area contributed by atoms with E-state index in [0.717, 1.165) is 0 Å². The Bertz CT molecular complexity index is 282. The van der Waals surface area contributed by atoms with Gasteiger partial charge >= 0.3 is 0 Å². The van der Waals surface area contributed by atoms with Crippen LogP contribution >= 0.6 is 0 Å². The summed E-state index contributed by atoms with van der Waals surface area (Å²) in [4.78, 5) is 0. The summed E-state index contributed by atoms with van der Waals surface area (Å²) in [6.45, 7) is 10.7. The molecule has 0 fully saturated rings. The van der Waals surface area contributed by atoms with Crippen LogP contribution in [0.3, 0.4) is 0 Å². The van der Waals surface area contributed by atoms with Gasteiger partial charge in [-0.25, -0.2) is 0 Å². The number of hydrogen-bond donors (Lipinski definition) is 0. The van der Waals surface area contributed by atoms with Crippen LogP contribution in [0.5, 0.6) is 0 Å². The first-order valence-electron chi connectivity index (χ1n) is 5.63. The molecule has 0 aromatic heterocycles. The highest BCUT2D eigenvalue weighted by atomic mass is 16.5. The fourth-order valence-electron chi connectivity index (χ4n) is 1.61. The van der Waals surface area contributed by atoms with E-state index in [1.807, 2.05) is 6.07 Å². The third-order valence-corrected chi connectivity index (χ3v) is 2.21. The Balaban J connectivity index is 2.85. The third kappa shape index (κ3) is 4.05. The van der Waals surface area contributed by atoms with E-state index >= 15 is 0 Å². The Hall–Kier alpha value is -0.820. The molecular formula is C14H22O. The monoisotopic (exact) mass is 206 g/mol. The highest BCUT2D eigenvalue weighted by molar-refractivity contribution is 5.18. The Morgan fingerprint density at radius 3 is 1.93 bits per heavy atom. The van der Waals surface area contributed by atoms with Crippen molar-refractivity contribution >= 4 is 0 Å². The van der Waals surface area contributed by atoms with Gasteiger partial charge in [0.2, 0.25) is 0 Å². The second kappa shape index (κ2) is 4.80. The molecule has 0 heterocycles. The van der Waals surface area contributed by atoms with Gasteiger partial charge in [0.15, 0.2) is 0 Å². The number of rotatable bonds is 3. The molecule has 1 aromatic carbocycles. The number of hydrogen-bond acceptors (Lipinski definition) is 1. The summed E-state index contributed by atoms with van der Waals surface area (Å²) >= 11 is 0. The van der Waals surface area contributed by atoms with Gasteiger partial charge in [0.05, 0.1) is 11.7 Å². The lowest BCUT2D eigenvalue weighted by Crippen LogP contribution is -2.25. The summed E-state index contributed by atoms with van der Waals surface area (Å²) in [6, 6.07) is 10.4. The van der Waals surface area contributed by atoms with Crippen molar-refractivity contribution in [1.29, 1.82) is 0 Å². The molecule has 0 aliphatic rings. The van der Waals surface area contributed by atoms with Gasteiger partial charge in [-0.1, -0.05) is 44.2 Å². The van der Waals surface area contributed by atoms with Crippen molar-refractivity contribution in [3.63, 3.8) is 0 Å². The Morgan fingerprint density at radius 1 is 1.00 bits per heavy atom. The molecule has 1 atom stereocenters. The van der Waals surface area contributed by atoms with Crippen LogP contribution in [0.2, 0.25) is 0 Å². The molecule has 15 heavy (non-hydrogen) atoms. The van der Waals surface area contributed by atoms with E-state index in [1.165, 1.54) is 5.56 Å². The lowest BCUT2D eigenvalue weighted by Gasteiger charge is -2.30. The molecule has 1 rings (SSSR count). The molecule has 0 N–H and O–H groups in total. The minimum Gasteiger partial charge on any atom is -0.368 e. The Kier molecular flexibility index (Phi) is 3.92. The lowest BCUT2D eigenvalue weighted by molar-refractivity contribution is -0.0816. The maximum absolute atomic E-state index is 6.09. The van der Waals surface area contributed by atoms with E-state index in [4.69, 9.17) is 4.74 Å². The van der Waals surface area contributed by atoms with Crippen LogP contribution < -0.4 is 0 Å². The first-order chi connectivity index (χ1) is 6.90. The van der Waals surface area contributed by atoms with E-state index in [0.29, 0.717) is 5.92 Å². The van der Waals surface area contributed by atoms with Gasteiger partial charge in [-0.15, -0.1) is 0 Å². The van der Waals surface area contributed by atoms with Crippen molar-refractivity contribution in [2.45, 2.75) is 46.3 Å². The van der Waals surface area contributed by atoms with Gasteiger partial charge in [0.25, 0.3) is 0 Å². The average molecular weight is 206 g/mol. The summed E-state index contributed by atoms with van der Waals surface area (Å²) in [5.41, 5.74) is 1.17. The smallest absolute Gasteiger partial charge is 0.0854 e. The maximum atomic E-state index is 6.09. The number of benzene rings is 1. The zero-order valence-corrected chi connectivity index (χ0v) is 10.4. The molecule has 1 heteroatoms. The largest absolute Gasteiger partial charge is 0.368 e. The molecule has 1 aromatic rings. The van der Waals surface area contributed by atoms with Crippen LogP contribution in [0.25, 0.3) is 0 Å². The molecule has 0 bridgehead atoms. The minimum absolute atomic E-state index is 0.0925. The van der Waals surface area contributed by atoms with Crippen molar-refractivity contribution in [1.82, 2.24) is 0 Å². The SMILES string of the molecule is CC(C)C(OC(C)(C)C)c1ccccc1. The van der Waals surface area contributed by atoms with Gasteiger partial charge in [-0.05, 0) is 32.3 Å². The highest BCUT2D eigenvalue weighted by Crippen LogP contribution is 2.30. The zero-order valence-electron chi connectivity index (χ0n) is 10.4. The Morgan fingerprint density at radius 2 is 1.53 bits per heavy atom. The van der Waals surface area contributed by atoms with Gasteiger partial charge in [-0.2, -0.15) is 0 Å². The fourth-order valence-corrected chi connectivity index (χ4v) is 1.61. The molecule has 0 aliphatic heterocycles. The third-order valence-electron chi connectivity index (χ3n) is 2.21. The first kappa shape index (κ1) is 12.3. The second-order valence-corrected chi connectivity index (χ2v) is 5.31. The van der Waals surface area contributed by atoms with Crippen molar-refractivity contribution in [3.8, 4) is 0 Å². The molecule has 1 unspecified atom stereocenters. The first-order valence-corrected chi connectivity index (χ1v) is 5.63. The van der Waals surface area contributed by atoms with Gasteiger partial charge in [0, 0.05) is 0 Å². The number of ether oxygens (including phenoxy) is 1. The fraction of sp³-hybridized carbons (Fsp3) is 0.571. The molecule has 0 saturated carbocycles. The standard InChI is InChI=1S/C14H22O/c1-11(2)13(15-14(3,4)5)12-9-7-6-8-10-12/h6-11,13H,1-5H3. The molecule has 1 nitrogen and oxygen atoms in total. The minimum atomic E-state index is -0.0925. The predicted octanol–water partition coefficient (Wildman–Crippen LogP) is 4.20. The van der Waals surface area contributed by atoms with E-state index in [9.17, 15) is 0 Å². The zero-order chi connectivity index (χ0) is 11.5. The van der Waals surface area contributed by atoms with Crippen LogP contribution in [0, 0.1) is 5.92 Å². The topological polar surface area (TPSA) is 9.23 Å². The van der Waals surface area contributed by atoms with Crippen LogP contribution in [0.15, 0.2) is 30.3 Å². The van der Waals surface area contributed by atoms with Crippen molar-refractivity contribution in [2.24, 2.45) is 5.92 Å². The predicted molar refractivity (Wildman–Crippen MR) is 64.9 cm³/mol. The van der Waals surface area contributed by atoms with E-state index in [1.54, 1.807) is 0 Å². The summed E-state index contributed by atoms with van der Waals surface area (Å²) in [5, 5.41) is 0.